The van der Waals surface area contributed by atoms with Gasteiger partial charge in [-0.15, -0.1) is 0 Å². The second-order valence-corrected chi connectivity index (χ2v) is 20.8. The lowest BCUT2D eigenvalue weighted by atomic mass is 9.99. The third-order valence-corrected chi connectivity index (χ3v) is 14.0. The lowest BCUT2D eigenvalue weighted by Crippen LogP contribution is -2.60. The number of carbonyl (C=O) groups is 1. The van der Waals surface area contributed by atoms with E-state index in [1.807, 2.05) is 6.08 Å². The summed E-state index contributed by atoms with van der Waals surface area (Å²) >= 11 is 0. The summed E-state index contributed by atoms with van der Waals surface area (Å²) in [5.41, 5.74) is 0. The van der Waals surface area contributed by atoms with Gasteiger partial charge in [0, 0.05) is 6.42 Å². The molecule has 1 heterocycles. The quantitative estimate of drug-likeness (QED) is 0.0261. The molecule has 1 amide bonds. The molecule has 9 nitrogen and oxygen atoms in total. The number of nitrogens with one attached hydrogen (secondary N) is 1. The van der Waals surface area contributed by atoms with Crippen molar-refractivity contribution in [3.63, 3.8) is 0 Å². The van der Waals surface area contributed by atoms with Gasteiger partial charge < -0.3 is 40.3 Å². The van der Waals surface area contributed by atoms with Gasteiger partial charge in [0.15, 0.2) is 6.29 Å². The molecule has 418 valence electrons. The Morgan fingerprint density at radius 3 is 1.28 bits per heavy atom. The zero-order valence-electron chi connectivity index (χ0n) is 46.4. The first-order valence-corrected chi connectivity index (χ1v) is 30.2. The van der Waals surface area contributed by atoms with Crippen LogP contribution in [0.4, 0.5) is 0 Å². The number of hydrogen-bond donors (Lipinski definition) is 6. The predicted octanol–water partition coefficient (Wildman–Crippen LogP) is 15.2. The van der Waals surface area contributed by atoms with Crippen LogP contribution in [0.25, 0.3) is 0 Å². The third-order valence-electron chi connectivity index (χ3n) is 14.0. The molecule has 1 aliphatic heterocycles. The Bertz CT molecular complexity index is 1360. The fraction of sp³-hybridized carbons (Fsp3) is 0.794. The van der Waals surface area contributed by atoms with Gasteiger partial charge in [-0.05, 0) is 64.2 Å². The number of aliphatic hydroxyl groups is 5. The Kier molecular flexibility index (Phi) is 48.9. The summed E-state index contributed by atoms with van der Waals surface area (Å²) in [6, 6.07) is -0.811. The Morgan fingerprint density at radius 1 is 0.486 bits per heavy atom. The van der Waals surface area contributed by atoms with Gasteiger partial charge in [0.2, 0.25) is 5.91 Å². The van der Waals surface area contributed by atoms with Crippen LogP contribution in [0.3, 0.4) is 0 Å². The van der Waals surface area contributed by atoms with Crippen molar-refractivity contribution in [2.24, 2.45) is 0 Å². The highest BCUT2D eigenvalue weighted by atomic mass is 16.7. The molecule has 0 aliphatic carbocycles. The second-order valence-electron chi connectivity index (χ2n) is 20.8. The van der Waals surface area contributed by atoms with Crippen LogP contribution in [-0.4, -0.2) is 87.5 Å². The molecule has 0 radical (unpaired) electrons. The van der Waals surface area contributed by atoms with Crippen LogP contribution in [0.1, 0.15) is 264 Å². The van der Waals surface area contributed by atoms with Crippen molar-refractivity contribution in [3.8, 4) is 0 Å². The summed E-state index contributed by atoms with van der Waals surface area (Å²) < 4.78 is 11.3. The highest BCUT2D eigenvalue weighted by molar-refractivity contribution is 5.76. The van der Waals surface area contributed by atoms with Gasteiger partial charge in [0.05, 0.1) is 25.4 Å². The summed E-state index contributed by atoms with van der Waals surface area (Å²) in [6.45, 7) is 3.69. The molecule has 7 atom stereocenters. The smallest absolute Gasteiger partial charge is 0.220 e. The summed E-state index contributed by atoms with van der Waals surface area (Å²) in [5, 5.41) is 54.6. The summed E-state index contributed by atoms with van der Waals surface area (Å²) in [4.78, 5) is 13.1. The van der Waals surface area contributed by atoms with Crippen LogP contribution in [0.15, 0.2) is 72.9 Å². The van der Waals surface area contributed by atoms with E-state index in [1.54, 1.807) is 6.08 Å². The predicted molar refractivity (Wildman–Crippen MR) is 304 cm³/mol. The number of unbranched alkanes of at least 4 members (excludes halogenated alkanes) is 31. The van der Waals surface area contributed by atoms with E-state index in [1.165, 1.54) is 173 Å². The standard InChI is InChI=1S/C63H113NO8/c1-3-5-7-9-11-13-15-17-19-21-23-25-27-28-29-30-31-33-35-37-39-41-43-45-47-49-51-53-59(67)64-56(55-71-63-62(70)61(69)60(68)58(54-65)72-63)57(66)52-50-48-46-44-42-40-38-36-34-32-26-24-22-20-18-16-14-12-10-8-6-4-2/h5,7,11,13,17,19,23,25,28-29,50,52,56-58,60-63,65-66,68-70H,3-4,6,8-10,12,14-16,18,20-22,24,26-27,30-49,51,53-55H2,1-2H3,(H,64,67)/b7-5-,13-11-,19-17-,25-23-,29-28-,52-50+. The fourth-order valence-electron chi connectivity index (χ4n) is 9.30. The minimum absolute atomic E-state index is 0.180. The first-order valence-electron chi connectivity index (χ1n) is 30.2. The number of amides is 1. The molecule has 0 aromatic heterocycles. The first-order chi connectivity index (χ1) is 35.3. The Labute approximate surface area is 442 Å². The van der Waals surface area contributed by atoms with E-state index in [-0.39, 0.29) is 12.5 Å². The topological polar surface area (TPSA) is 149 Å². The molecular formula is C63H113NO8. The molecule has 0 saturated carbocycles. The van der Waals surface area contributed by atoms with Crippen molar-refractivity contribution in [1.29, 1.82) is 0 Å². The van der Waals surface area contributed by atoms with Crippen LogP contribution in [0.2, 0.25) is 0 Å². The largest absolute Gasteiger partial charge is 0.394 e. The van der Waals surface area contributed by atoms with Crippen LogP contribution in [0, 0.1) is 0 Å². The lowest BCUT2D eigenvalue weighted by molar-refractivity contribution is -0.302. The van der Waals surface area contributed by atoms with E-state index in [9.17, 15) is 30.3 Å². The molecule has 1 fully saturated rings. The fourth-order valence-corrected chi connectivity index (χ4v) is 9.30. The summed E-state index contributed by atoms with van der Waals surface area (Å²) in [5.74, 6) is -0.180. The van der Waals surface area contributed by atoms with Gasteiger partial charge in [-0.1, -0.05) is 267 Å². The van der Waals surface area contributed by atoms with Gasteiger partial charge in [-0.2, -0.15) is 0 Å². The average Bonchev–Trinajstić information content (AvgIpc) is 3.38. The first kappa shape index (κ1) is 67.6. The summed E-state index contributed by atoms with van der Waals surface area (Å²) in [6.07, 6.45) is 65.3. The molecule has 9 heteroatoms. The summed E-state index contributed by atoms with van der Waals surface area (Å²) in [7, 11) is 0. The van der Waals surface area contributed by atoms with E-state index in [0.717, 1.165) is 70.6 Å². The Morgan fingerprint density at radius 2 is 0.861 bits per heavy atom. The minimum atomic E-state index is -1.57. The van der Waals surface area contributed by atoms with Crippen molar-refractivity contribution in [3.05, 3.63) is 72.9 Å². The normalized spacial score (nSPS) is 19.7. The minimum Gasteiger partial charge on any atom is -0.394 e. The van der Waals surface area contributed by atoms with Gasteiger partial charge >= 0.3 is 0 Å². The molecule has 0 spiro atoms. The molecule has 6 N–H and O–H groups in total. The Balaban J connectivity index is 2.22. The van der Waals surface area contributed by atoms with Crippen molar-refractivity contribution in [1.82, 2.24) is 5.32 Å². The van der Waals surface area contributed by atoms with Crippen LogP contribution in [0.5, 0.6) is 0 Å². The number of ether oxygens (including phenoxy) is 2. The van der Waals surface area contributed by atoms with E-state index in [4.69, 9.17) is 9.47 Å². The van der Waals surface area contributed by atoms with E-state index >= 15 is 0 Å². The number of rotatable bonds is 51. The molecule has 1 rings (SSSR count). The monoisotopic (exact) mass is 1010 g/mol. The number of allylic oxidation sites excluding steroid dienone is 11. The molecule has 7 unspecified atom stereocenters. The third kappa shape index (κ3) is 40.9. The molecule has 1 aliphatic rings. The highest BCUT2D eigenvalue weighted by Crippen LogP contribution is 2.23. The molecule has 72 heavy (non-hydrogen) atoms. The van der Waals surface area contributed by atoms with Crippen LogP contribution in [-0.2, 0) is 14.3 Å². The molecule has 0 aromatic rings. The van der Waals surface area contributed by atoms with Crippen molar-refractivity contribution < 1.29 is 39.8 Å². The highest BCUT2D eigenvalue weighted by Gasteiger charge is 2.44. The van der Waals surface area contributed by atoms with Crippen molar-refractivity contribution >= 4 is 5.91 Å². The van der Waals surface area contributed by atoms with Gasteiger partial charge in [-0.25, -0.2) is 0 Å². The van der Waals surface area contributed by atoms with Gasteiger partial charge in [0.1, 0.15) is 24.4 Å². The SMILES string of the molecule is CC/C=C\C/C=C\C/C=C\C/C=C\C/C=C\CCCCCCCCCCCCCC(=O)NC(COC1OC(CO)C(O)C(O)C1O)C(O)/C=C/CCCCCCCCCCCCCCCCCCCCCC. The van der Waals surface area contributed by atoms with Gasteiger partial charge in [-0.3, -0.25) is 4.79 Å². The average molecular weight is 1010 g/mol. The van der Waals surface area contributed by atoms with E-state index in [2.05, 4.69) is 79.9 Å². The van der Waals surface area contributed by atoms with Crippen LogP contribution < -0.4 is 5.32 Å². The number of carbonyl (C=O) groups excluding carboxylic acids is 1. The molecule has 1 saturated heterocycles. The zero-order valence-corrected chi connectivity index (χ0v) is 46.4. The molecular weight excluding hydrogens is 899 g/mol. The Hall–Kier alpha value is -2.37. The second kappa shape index (κ2) is 52.1. The maximum absolute atomic E-state index is 13.1. The number of hydrogen-bond acceptors (Lipinski definition) is 8. The van der Waals surface area contributed by atoms with E-state index < -0.39 is 49.5 Å². The van der Waals surface area contributed by atoms with Gasteiger partial charge in [0.25, 0.3) is 0 Å². The molecule has 0 bridgehead atoms. The maximum Gasteiger partial charge on any atom is 0.220 e. The van der Waals surface area contributed by atoms with Crippen molar-refractivity contribution in [2.45, 2.75) is 307 Å². The lowest BCUT2D eigenvalue weighted by Gasteiger charge is -2.40. The maximum atomic E-state index is 13.1. The zero-order chi connectivity index (χ0) is 52.2. The van der Waals surface area contributed by atoms with Crippen LogP contribution >= 0.6 is 0 Å². The van der Waals surface area contributed by atoms with E-state index in [0.29, 0.717) is 6.42 Å². The molecule has 0 aromatic carbocycles. The van der Waals surface area contributed by atoms with Crippen molar-refractivity contribution in [2.75, 3.05) is 13.2 Å². The number of aliphatic hydroxyl groups excluding tert-OH is 5.